The van der Waals surface area contributed by atoms with Crippen LogP contribution in [0, 0.1) is 0 Å². The number of hydrazine groups is 1. The highest BCUT2D eigenvalue weighted by atomic mass is 16.3. The molecule has 1 aliphatic carbocycles. The van der Waals surface area contributed by atoms with Gasteiger partial charge in [0.05, 0.1) is 6.04 Å². The summed E-state index contributed by atoms with van der Waals surface area (Å²) in [4.78, 5) is 13.9. The maximum absolute atomic E-state index is 12.6. The number of carbonyl (C=O) groups excluding carboxylic acids is 1. The Morgan fingerprint density at radius 1 is 1.08 bits per heavy atom. The van der Waals surface area contributed by atoms with Crippen molar-refractivity contribution in [1.29, 1.82) is 0 Å². The second-order valence-corrected chi connectivity index (χ2v) is 6.47. The SMILES string of the molecule is CN1C(=O)N([C@H]2c3ccccc3CC[C@@H]2c2ccccc2)NC1O. The Labute approximate surface area is 141 Å². The number of nitrogens with zero attached hydrogens (tertiary/aromatic N) is 2. The van der Waals surface area contributed by atoms with Gasteiger partial charge in [-0.3, -0.25) is 4.90 Å². The van der Waals surface area contributed by atoms with Gasteiger partial charge in [0.15, 0.2) is 0 Å². The molecule has 0 radical (unpaired) electrons. The summed E-state index contributed by atoms with van der Waals surface area (Å²) in [5.74, 6) is 0.191. The summed E-state index contributed by atoms with van der Waals surface area (Å²) in [5.41, 5.74) is 6.57. The number of hydrogen-bond acceptors (Lipinski definition) is 3. The molecular formula is C19H21N3O2. The van der Waals surface area contributed by atoms with Crippen LogP contribution in [0.5, 0.6) is 0 Å². The molecule has 0 aromatic heterocycles. The maximum Gasteiger partial charge on any atom is 0.337 e. The van der Waals surface area contributed by atoms with Gasteiger partial charge in [0.2, 0.25) is 6.35 Å². The molecule has 2 aromatic carbocycles. The number of amides is 2. The van der Waals surface area contributed by atoms with Crippen molar-refractivity contribution < 1.29 is 9.90 Å². The largest absolute Gasteiger partial charge is 0.360 e. The van der Waals surface area contributed by atoms with Crippen molar-refractivity contribution in [2.45, 2.75) is 31.2 Å². The van der Waals surface area contributed by atoms with E-state index in [1.165, 1.54) is 16.0 Å². The molecule has 1 aliphatic heterocycles. The number of fused-ring (bicyclic) bond motifs is 1. The van der Waals surface area contributed by atoms with Crippen molar-refractivity contribution >= 4 is 6.03 Å². The highest BCUT2D eigenvalue weighted by molar-refractivity contribution is 5.76. The number of urea groups is 1. The molecule has 5 nitrogen and oxygen atoms in total. The van der Waals surface area contributed by atoms with Crippen LogP contribution in [-0.2, 0) is 6.42 Å². The second kappa shape index (κ2) is 5.92. The first-order valence-corrected chi connectivity index (χ1v) is 8.30. The van der Waals surface area contributed by atoms with Crippen molar-refractivity contribution in [3.8, 4) is 0 Å². The summed E-state index contributed by atoms with van der Waals surface area (Å²) in [7, 11) is 1.60. The van der Waals surface area contributed by atoms with Crippen LogP contribution in [0.4, 0.5) is 4.79 Å². The fraction of sp³-hybridized carbons (Fsp3) is 0.316. The van der Waals surface area contributed by atoms with E-state index in [1.807, 2.05) is 30.3 Å². The van der Waals surface area contributed by atoms with E-state index in [0.717, 1.165) is 18.4 Å². The summed E-state index contributed by atoms with van der Waals surface area (Å²) in [6.07, 6.45) is 0.979. The lowest BCUT2D eigenvalue weighted by Gasteiger charge is -2.38. The predicted octanol–water partition coefficient (Wildman–Crippen LogP) is 2.61. The molecule has 0 spiro atoms. The van der Waals surface area contributed by atoms with Crippen LogP contribution in [0.25, 0.3) is 0 Å². The van der Waals surface area contributed by atoms with Gasteiger partial charge in [-0.05, 0) is 29.5 Å². The fourth-order valence-corrected chi connectivity index (χ4v) is 3.84. The monoisotopic (exact) mass is 323 g/mol. The first kappa shape index (κ1) is 15.2. The lowest BCUT2D eigenvalue weighted by molar-refractivity contribution is 0.0261. The number of carbonyl (C=O) groups is 1. The van der Waals surface area contributed by atoms with Crippen LogP contribution in [0.15, 0.2) is 54.6 Å². The van der Waals surface area contributed by atoms with Crippen LogP contribution >= 0.6 is 0 Å². The van der Waals surface area contributed by atoms with Crippen molar-refractivity contribution in [3.05, 3.63) is 71.3 Å². The van der Waals surface area contributed by atoms with E-state index < -0.39 is 6.35 Å². The lowest BCUT2D eigenvalue weighted by atomic mass is 9.76. The van der Waals surface area contributed by atoms with E-state index in [4.69, 9.17) is 0 Å². The molecule has 1 saturated heterocycles. The van der Waals surface area contributed by atoms with Gasteiger partial charge in [-0.25, -0.2) is 9.80 Å². The minimum atomic E-state index is -0.983. The first-order chi connectivity index (χ1) is 11.7. The average Bonchev–Trinajstić information content (AvgIpc) is 2.88. The van der Waals surface area contributed by atoms with Crippen molar-refractivity contribution in [3.63, 3.8) is 0 Å². The molecule has 2 N–H and O–H groups in total. The minimum Gasteiger partial charge on any atom is -0.360 e. The summed E-state index contributed by atoms with van der Waals surface area (Å²) in [6.45, 7) is 0. The third-order valence-electron chi connectivity index (χ3n) is 5.11. The minimum absolute atomic E-state index is 0.135. The zero-order valence-corrected chi connectivity index (χ0v) is 13.6. The lowest BCUT2D eigenvalue weighted by Crippen LogP contribution is -2.44. The van der Waals surface area contributed by atoms with Gasteiger partial charge in [-0.2, -0.15) is 5.43 Å². The number of rotatable bonds is 2. The van der Waals surface area contributed by atoms with E-state index in [0.29, 0.717) is 0 Å². The van der Waals surface area contributed by atoms with Crippen LogP contribution in [0.3, 0.4) is 0 Å². The number of benzene rings is 2. The molecule has 124 valence electrons. The zero-order chi connectivity index (χ0) is 16.7. The summed E-state index contributed by atoms with van der Waals surface area (Å²) < 4.78 is 0. The standard InChI is InChI=1S/C19H21N3O2/c1-21-18(23)20-22(19(21)24)17-15-10-6-5-9-14(15)11-12-16(17)13-7-3-2-4-8-13/h2-10,16-18,20,23H,11-12H2,1H3/t16-,17+,18?/m1/s1. The van der Waals surface area contributed by atoms with E-state index in [9.17, 15) is 9.90 Å². The van der Waals surface area contributed by atoms with E-state index >= 15 is 0 Å². The number of hydrogen-bond donors (Lipinski definition) is 2. The van der Waals surface area contributed by atoms with Gasteiger partial charge < -0.3 is 5.11 Å². The van der Waals surface area contributed by atoms with Crippen LogP contribution in [0.2, 0.25) is 0 Å². The fourth-order valence-electron chi connectivity index (χ4n) is 3.84. The Balaban J connectivity index is 1.80. The molecule has 1 heterocycles. The Morgan fingerprint density at radius 2 is 1.79 bits per heavy atom. The topological polar surface area (TPSA) is 55.8 Å². The third kappa shape index (κ3) is 2.37. The molecule has 1 fully saturated rings. The van der Waals surface area contributed by atoms with E-state index in [1.54, 1.807) is 12.1 Å². The molecule has 0 bridgehead atoms. The highest BCUT2D eigenvalue weighted by Gasteiger charge is 2.43. The van der Waals surface area contributed by atoms with Crippen molar-refractivity contribution in [2.75, 3.05) is 7.05 Å². The Kier molecular flexibility index (Phi) is 3.75. The quantitative estimate of drug-likeness (QED) is 0.893. The van der Waals surface area contributed by atoms with Gasteiger partial charge in [0.25, 0.3) is 0 Å². The molecule has 24 heavy (non-hydrogen) atoms. The van der Waals surface area contributed by atoms with Crippen molar-refractivity contribution in [1.82, 2.24) is 15.3 Å². The molecule has 2 aromatic rings. The average molecular weight is 323 g/mol. The number of aliphatic hydroxyl groups excluding tert-OH is 1. The third-order valence-corrected chi connectivity index (χ3v) is 5.11. The van der Waals surface area contributed by atoms with Crippen LogP contribution in [0.1, 0.15) is 35.1 Å². The molecular weight excluding hydrogens is 302 g/mol. The van der Waals surface area contributed by atoms with Gasteiger partial charge in [-0.15, -0.1) is 0 Å². The molecule has 1 unspecified atom stereocenters. The molecule has 5 heteroatoms. The Morgan fingerprint density at radius 3 is 2.50 bits per heavy atom. The zero-order valence-electron chi connectivity index (χ0n) is 13.6. The van der Waals surface area contributed by atoms with Gasteiger partial charge >= 0.3 is 6.03 Å². The Hall–Kier alpha value is -2.37. The van der Waals surface area contributed by atoms with Gasteiger partial charge in [-0.1, -0.05) is 54.6 Å². The van der Waals surface area contributed by atoms with Gasteiger partial charge in [0.1, 0.15) is 0 Å². The normalized spacial score (nSPS) is 26.6. The molecule has 2 aliphatic rings. The molecule has 3 atom stereocenters. The highest BCUT2D eigenvalue weighted by Crippen LogP contribution is 2.44. The van der Waals surface area contributed by atoms with E-state index in [-0.39, 0.29) is 18.0 Å². The number of aryl methyl sites for hydroxylation is 1. The van der Waals surface area contributed by atoms with Crippen LogP contribution < -0.4 is 5.43 Å². The second-order valence-electron chi connectivity index (χ2n) is 6.47. The van der Waals surface area contributed by atoms with E-state index in [2.05, 4.69) is 29.7 Å². The van der Waals surface area contributed by atoms with Crippen molar-refractivity contribution in [2.24, 2.45) is 0 Å². The van der Waals surface area contributed by atoms with Crippen LogP contribution in [-0.4, -0.2) is 34.4 Å². The van der Waals surface area contributed by atoms with Gasteiger partial charge in [0, 0.05) is 13.0 Å². The molecule has 4 rings (SSSR count). The Bertz CT molecular complexity index is 749. The molecule has 0 saturated carbocycles. The first-order valence-electron chi connectivity index (χ1n) is 8.30. The smallest absolute Gasteiger partial charge is 0.337 e. The maximum atomic E-state index is 12.6. The molecule has 2 amide bonds. The summed E-state index contributed by atoms with van der Waals surface area (Å²) in [5, 5.41) is 11.6. The number of aliphatic hydroxyl groups is 1. The number of nitrogens with one attached hydrogen (secondary N) is 1. The summed E-state index contributed by atoms with van der Waals surface area (Å²) in [6, 6.07) is 18.2. The summed E-state index contributed by atoms with van der Waals surface area (Å²) >= 11 is 0. The predicted molar refractivity (Wildman–Crippen MR) is 90.8 cm³/mol.